The molecule has 1 aliphatic heterocycles. The predicted octanol–water partition coefficient (Wildman–Crippen LogP) is 3.69. The van der Waals surface area contributed by atoms with Gasteiger partial charge >= 0.3 is 5.97 Å². The molecule has 3 rings (SSSR count). The van der Waals surface area contributed by atoms with Crippen LogP contribution in [-0.2, 0) is 20.7 Å². The van der Waals surface area contributed by atoms with Crippen LogP contribution in [0.15, 0.2) is 70.6 Å². The fourth-order valence-corrected chi connectivity index (χ4v) is 3.45. The van der Waals surface area contributed by atoms with Crippen LogP contribution >= 0.6 is 11.8 Å². The number of rotatable bonds is 5. The van der Waals surface area contributed by atoms with Gasteiger partial charge in [0.05, 0.1) is 17.7 Å². The number of hydrogen-bond donors (Lipinski definition) is 0. The van der Waals surface area contributed by atoms with E-state index in [2.05, 4.69) is 9.73 Å². The highest BCUT2D eigenvalue weighted by Crippen LogP contribution is 2.33. The van der Waals surface area contributed by atoms with Crippen molar-refractivity contribution in [2.75, 3.05) is 13.7 Å². The lowest BCUT2D eigenvalue weighted by atomic mass is 10.1. The smallest absolute Gasteiger partial charge is 0.331 e. The van der Waals surface area contributed by atoms with E-state index >= 15 is 0 Å². The number of thioether (sulfide) groups is 1. The van der Waals surface area contributed by atoms with Gasteiger partial charge < -0.3 is 4.74 Å². The molecular weight excluding hydrogens is 367 g/mol. The van der Waals surface area contributed by atoms with Crippen LogP contribution in [0.4, 0.5) is 10.1 Å². The van der Waals surface area contributed by atoms with E-state index in [-0.39, 0.29) is 16.6 Å². The molecule has 0 atom stereocenters. The summed E-state index contributed by atoms with van der Waals surface area (Å²) in [7, 11) is 1.25. The lowest BCUT2D eigenvalue weighted by Gasteiger charge is -2.15. The molecule has 0 N–H and O–H groups in total. The van der Waals surface area contributed by atoms with E-state index in [1.807, 2.05) is 30.3 Å². The minimum Gasteiger partial charge on any atom is -0.466 e. The Balaban J connectivity index is 1.87. The molecule has 1 fully saturated rings. The first kappa shape index (κ1) is 18.8. The monoisotopic (exact) mass is 384 g/mol. The van der Waals surface area contributed by atoms with Gasteiger partial charge in [-0.2, -0.15) is 0 Å². The number of carbonyl (C=O) groups is 2. The van der Waals surface area contributed by atoms with Gasteiger partial charge in [0, 0.05) is 12.6 Å². The van der Waals surface area contributed by atoms with Crippen LogP contribution in [-0.4, -0.2) is 35.6 Å². The normalized spacial score (nSPS) is 17.0. The Morgan fingerprint density at radius 1 is 1.19 bits per heavy atom. The summed E-state index contributed by atoms with van der Waals surface area (Å²) < 4.78 is 17.7. The average Bonchev–Trinajstić information content (AvgIpc) is 2.97. The van der Waals surface area contributed by atoms with Crippen molar-refractivity contribution >= 4 is 34.5 Å². The van der Waals surface area contributed by atoms with E-state index in [9.17, 15) is 14.0 Å². The number of esters is 1. The van der Waals surface area contributed by atoms with E-state index in [1.54, 1.807) is 0 Å². The van der Waals surface area contributed by atoms with Crippen LogP contribution in [0.2, 0.25) is 0 Å². The van der Waals surface area contributed by atoms with E-state index < -0.39 is 5.97 Å². The average molecular weight is 384 g/mol. The molecule has 0 unspecified atom stereocenters. The highest BCUT2D eigenvalue weighted by molar-refractivity contribution is 8.18. The van der Waals surface area contributed by atoms with Gasteiger partial charge in [0.15, 0.2) is 5.17 Å². The zero-order valence-corrected chi connectivity index (χ0v) is 15.4. The van der Waals surface area contributed by atoms with Crippen molar-refractivity contribution < 1.29 is 18.7 Å². The van der Waals surface area contributed by atoms with Crippen molar-refractivity contribution in [3.05, 3.63) is 77.0 Å². The molecule has 2 aromatic rings. The number of methoxy groups -OCH3 is 1. The van der Waals surface area contributed by atoms with Gasteiger partial charge in [-0.15, -0.1) is 0 Å². The Morgan fingerprint density at radius 3 is 2.56 bits per heavy atom. The fraction of sp³-hybridized carbons (Fsp3) is 0.150. The Hall–Kier alpha value is -2.93. The summed E-state index contributed by atoms with van der Waals surface area (Å²) in [4.78, 5) is 30.5. The molecule has 5 nitrogen and oxygen atoms in total. The van der Waals surface area contributed by atoms with Crippen LogP contribution in [0.3, 0.4) is 0 Å². The summed E-state index contributed by atoms with van der Waals surface area (Å²) in [6.07, 6.45) is 1.80. The third-order valence-corrected chi connectivity index (χ3v) is 4.86. The molecule has 0 spiro atoms. The molecule has 1 aliphatic rings. The van der Waals surface area contributed by atoms with Crippen molar-refractivity contribution in [3.8, 4) is 0 Å². The van der Waals surface area contributed by atoms with Crippen molar-refractivity contribution in [3.63, 3.8) is 0 Å². The van der Waals surface area contributed by atoms with Gasteiger partial charge in [0.1, 0.15) is 5.82 Å². The molecule has 2 aromatic carbocycles. The second-order valence-corrected chi connectivity index (χ2v) is 6.71. The van der Waals surface area contributed by atoms with Gasteiger partial charge in [-0.25, -0.2) is 14.2 Å². The Labute approximate surface area is 160 Å². The maximum absolute atomic E-state index is 13.1. The lowest BCUT2D eigenvalue weighted by molar-refractivity contribution is -0.135. The molecule has 1 heterocycles. The van der Waals surface area contributed by atoms with Crippen LogP contribution in [0.5, 0.6) is 0 Å². The molecule has 0 aromatic heterocycles. The number of aliphatic imine (C=N–C) groups is 1. The molecule has 0 bridgehead atoms. The van der Waals surface area contributed by atoms with Gasteiger partial charge in [-0.3, -0.25) is 9.69 Å². The SMILES string of the molecule is COC(=O)/C=C1/SC(=Nc2ccc(F)cc2)N(CCc2ccccc2)C1=O. The number of halogens is 1. The number of nitrogens with zero attached hydrogens (tertiary/aromatic N) is 2. The van der Waals surface area contributed by atoms with E-state index in [0.29, 0.717) is 23.8 Å². The fourth-order valence-electron chi connectivity index (χ4n) is 2.47. The van der Waals surface area contributed by atoms with Gasteiger partial charge in [-0.1, -0.05) is 30.3 Å². The molecule has 0 aliphatic carbocycles. The largest absolute Gasteiger partial charge is 0.466 e. The van der Waals surface area contributed by atoms with Crippen LogP contribution in [0, 0.1) is 5.82 Å². The summed E-state index contributed by atoms with van der Waals surface area (Å²) >= 11 is 1.10. The first-order valence-electron chi connectivity index (χ1n) is 8.24. The highest BCUT2D eigenvalue weighted by Gasteiger charge is 2.33. The van der Waals surface area contributed by atoms with Crippen LogP contribution in [0.25, 0.3) is 0 Å². The van der Waals surface area contributed by atoms with Gasteiger partial charge in [0.2, 0.25) is 0 Å². The zero-order valence-electron chi connectivity index (χ0n) is 14.6. The van der Waals surface area contributed by atoms with E-state index in [1.165, 1.54) is 36.3 Å². The highest BCUT2D eigenvalue weighted by atomic mass is 32.2. The molecule has 1 amide bonds. The minimum atomic E-state index is -0.600. The molecular formula is C20H17FN2O3S. The number of benzene rings is 2. The summed E-state index contributed by atoms with van der Waals surface area (Å²) in [5, 5.41) is 0.442. The van der Waals surface area contributed by atoms with Crippen molar-refractivity contribution in [2.24, 2.45) is 4.99 Å². The number of ether oxygens (including phenoxy) is 1. The number of carbonyl (C=O) groups excluding carboxylic acids is 2. The third kappa shape index (κ3) is 4.83. The van der Waals surface area contributed by atoms with Crippen molar-refractivity contribution in [1.82, 2.24) is 4.90 Å². The standard InChI is InChI=1S/C20H17FN2O3S/c1-26-18(24)13-17-19(25)23(12-11-14-5-3-2-4-6-14)20(27-17)22-16-9-7-15(21)8-10-16/h2-10,13H,11-12H2,1H3/b17-13+,22-20?. The van der Waals surface area contributed by atoms with E-state index in [4.69, 9.17) is 0 Å². The first-order chi connectivity index (χ1) is 13.1. The Morgan fingerprint density at radius 2 is 1.89 bits per heavy atom. The van der Waals surface area contributed by atoms with Crippen LogP contribution < -0.4 is 0 Å². The van der Waals surface area contributed by atoms with Crippen molar-refractivity contribution in [1.29, 1.82) is 0 Å². The Bertz CT molecular complexity index is 895. The number of hydrogen-bond acceptors (Lipinski definition) is 5. The molecule has 1 saturated heterocycles. The summed E-state index contributed by atoms with van der Waals surface area (Å²) in [6, 6.07) is 15.4. The predicted molar refractivity (Wildman–Crippen MR) is 103 cm³/mol. The number of amidine groups is 1. The van der Waals surface area contributed by atoms with Gasteiger partial charge in [-0.05, 0) is 48.0 Å². The van der Waals surface area contributed by atoms with Gasteiger partial charge in [0.25, 0.3) is 5.91 Å². The Kier molecular flexibility index (Phi) is 6.03. The van der Waals surface area contributed by atoms with E-state index in [0.717, 1.165) is 23.4 Å². The second-order valence-electron chi connectivity index (χ2n) is 5.70. The molecule has 27 heavy (non-hydrogen) atoms. The molecule has 0 radical (unpaired) electrons. The molecule has 138 valence electrons. The zero-order chi connectivity index (χ0) is 19.2. The third-order valence-electron chi connectivity index (χ3n) is 3.86. The second kappa shape index (κ2) is 8.64. The first-order valence-corrected chi connectivity index (χ1v) is 9.06. The molecule has 0 saturated carbocycles. The van der Waals surface area contributed by atoms with Crippen LogP contribution in [0.1, 0.15) is 5.56 Å². The quantitative estimate of drug-likeness (QED) is 0.583. The van der Waals surface area contributed by atoms with Crippen molar-refractivity contribution in [2.45, 2.75) is 6.42 Å². The lowest BCUT2D eigenvalue weighted by Crippen LogP contribution is -2.31. The summed E-state index contributed by atoms with van der Waals surface area (Å²) in [6.45, 7) is 0.411. The molecule has 7 heteroatoms. The minimum absolute atomic E-state index is 0.246. The maximum atomic E-state index is 13.1. The topological polar surface area (TPSA) is 59.0 Å². The summed E-state index contributed by atoms with van der Waals surface area (Å²) in [5.74, 6) is -1.26. The summed E-state index contributed by atoms with van der Waals surface area (Å²) in [5.41, 5.74) is 1.61. The number of amides is 1. The maximum Gasteiger partial charge on any atom is 0.331 e.